The second-order valence-electron chi connectivity index (χ2n) is 12.6. The van der Waals surface area contributed by atoms with Gasteiger partial charge in [0.2, 0.25) is 5.82 Å². The quantitative estimate of drug-likeness (QED) is 0.0664. The molecule has 9 heteroatoms. The SMILES string of the molecule is CCCCCCCCN(CCCCCCCC)C(=O)c1nc(NNC(=O)NCCCOCC(CC)CCCC)c2ccccc2n1. The van der Waals surface area contributed by atoms with Crippen molar-refractivity contribution in [3.05, 3.63) is 30.1 Å². The molecule has 46 heavy (non-hydrogen) atoms. The Morgan fingerprint density at radius 1 is 0.783 bits per heavy atom. The molecule has 0 fully saturated rings. The highest BCUT2D eigenvalue weighted by atomic mass is 16.5. The molecule has 0 radical (unpaired) electrons. The predicted octanol–water partition coefficient (Wildman–Crippen LogP) is 9.04. The molecule has 9 nitrogen and oxygen atoms in total. The average molecular weight is 641 g/mol. The van der Waals surface area contributed by atoms with Gasteiger partial charge >= 0.3 is 6.03 Å². The zero-order chi connectivity index (χ0) is 33.2. The van der Waals surface area contributed by atoms with Crippen LogP contribution in [0.4, 0.5) is 10.6 Å². The van der Waals surface area contributed by atoms with Gasteiger partial charge in [-0.2, -0.15) is 0 Å². The number of hydrazine groups is 1. The van der Waals surface area contributed by atoms with Crippen LogP contribution < -0.4 is 16.2 Å². The van der Waals surface area contributed by atoms with Crippen LogP contribution >= 0.6 is 0 Å². The number of ether oxygens (including phenoxy) is 1. The number of hydrogen-bond donors (Lipinski definition) is 3. The lowest BCUT2D eigenvalue weighted by Gasteiger charge is -2.22. The molecule has 0 aliphatic heterocycles. The molecule has 0 saturated carbocycles. The van der Waals surface area contributed by atoms with Crippen molar-refractivity contribution < 1.29 is 14.3 Å². The maximum atomic E-state index is 13.8. The van der Waals surface area contributed by atoms with Gasteiger partial charge in [0, 0.05) is 38.2 Å². The number of benzene rings is 1. The summed E-state index contributed by atoms with van der Waals surface area (Å²) < 4.78 is 5.85. The number of carbonyl (C=O) groups is 2. The van der Waals surface area contributed by atoms with Crippen LogP contribution in [-0.2, 0) is 4.74 Å². The Balaban J connectivity index is 1.97. The standard InChI is InChI=1S/C37H64N6O3/c1-5-9-12-14-16-20-27-43(28-21-17-15-13-10-6-2)36(44)35-39-33-25-19-18-24-32(33)34(40-35)41-42-37(45)38-26-22-29-46-30-31(8-4)23-11-7-3/h18-19,24-25,31H,5-17,20-23,26-30H2,1-4H3,(H2,38,42,45)(H,39,40,41). The molecular weight excluding hydrogens is 576 g/mol. The Labute approximate surface area is 279 Å². The largest absolute Gasteiger partial charge is 0.381 e. The summed E-state index contributed by atoms with van der Waals surface area (Å²) >= 11 is 0. The molecule has 1 aromatic carbocycles. The zero-order valence-corrected chi connectivity index (χ0v) is 29.5. The van der Waals surface area contributed by atoms with Crippen LogP contribution in [0.3, 0.4) is 0 Å². The predicted molar refractivity (Wildman–Crippen MR) is 191 cm³/mol. The smallest absolute Gasteiger partial charge is 0.333 e. The van der Waals surface area contributed by atoms with E-state index in [4.69, 9.17) is 4.74 Å². The molecule has 0 aliphatic carbocycles. The number of anilines is 1. The number of rotatable bonds is 27. The molecule has 1 heterocycles. The first-order valence-corrected chi connectivity index (χ1v) is 18.5. The fourth-order valence-electron chi connectivity index (χ4n) is 5.57. The van der Waals surface area contributed by atoms with Crippen molar-refractivity contribution in [2.75, 3.05) is 38.3 Å². The molecule has 0 spiro atoms. The van der Waals surface area contributed by atoms with Gasteiger partial charge < -0.3 is 15.0 Å². The lowest BCUT2D eigenvalue weighted by atomic mass is 10.0. The molecule has 3 N–H and O–H groups in total. The van der Waals surface area contributed by atoms with Crippen molar-refractivity contribution in [2.45, 2.75) is 137 Å². The van der Waals surface area contributed by atoms with Gasteiger partial charge in [-0.3, -0.25) is 15.6 Å². The van der Waals surface area contributed by atoms with E-state index in [1.807, 2.05) is 29.2 Å². The van der Waals surface area contributed by atoms with Crippen molar-refractivity contribution in [3.63, 3.8) is 0 Å². The lowest BCUT2D eigenvalue weighted by Crippen LogP contribution is -2.40. The van der Waals surface area contributed by atoms with Crippen LogP contribution in [-0.4, -0.2) is 59.7 Å². The second-order valence-corrected chi connectivity index (χ2v) is 12.6. The van der Waals surface area contributed by atoms with Gasteiger partial charge in [0.05, 0.1) is 5.52 Å². The highest BCUT2D eigenvalue weighted by molar-refractivity contribution is 5.96. The monoisotopic (exact) mass is 641 g/mol. The third-order valence-corrected chi connectivity index (χ3v) is 8.59. The molecule has 1 aromatic heterocycles. The number of fused-ring (bicyclic) bond motifs is 1. The number of amides is 3. The summed E-state index contributed by atoms with van der Waals surface area (Å²) in [6.07, 6.45) is 19.6. The summed E-state index contributed by atoms with van der Waals surface area (Å²) in [5.74, 6) is 1.02. The number of aromatic nitrogens is 2. The van der Waals surface area contributed by atoms with Gasteiger partial charge in [0.15, 0.2) is 5.82 Å². The molecule has 2 aromatic rings. The van der Waals surface area contributed by atoms with Gasteiger partial charge in [0.1, 0.15) is 0 Å². The van der Waals surface area contributed by atoms with Gasteiger partial charge in [-0.25, -0.2) is 14.8 Å². The minimum atomic E-state index is -0.363. The third-order valence-electron chi connectivity index (χ3n) is 8.59. The van der Waals surface area contributed by atoms with E-state index in [-0.39, 0.29) is 17.8 Å². The molecule has 1 atom stereocenters. The highest BCUT2D eigenvalue weighted by Crippen LogP contribution is 2.21. The van der Waals surface area contributed by atoms with Gasteiger partial charge in [-0.1, -0.05) is 123 Å². The molecule has 2 rings (SSSR count). The van der Waals surface area contributed by atoms with E-state index < -0.39 is 0 Å². The van der Waals surface area contributed by atoms with E-state index in [0.29, 0.717) is 43.5 Å². The van der Waals surface area contributed by atoms with Crippen LogP contribution in [0.1, 0.15) is 147 Å². The van der Waals surface area contributed by atoms with Crippen LogP contribution in [0, 0.1) is 5.92 Å². The Morgan fingerprint density at radius 3 is 2.07 bits per heavy atom. The Kier molecular flexibility index (Phi) is 21.5. The summed E-state index contributed by atoms with van der Waals surface area (Å²) in [7, 11) is 0. The van der Waals surface area contributed by atoms with Crippen LogP contribution in [0.25, 0.3) is 10.9 Å². The summed E-state index contributed by atoms with van der Waals surface area (Å²) in [5, 5.41) is 3.60. The van der Waals surface area contributed by atoms with Gasteiger partial charge in [-0.15, -0.1) is 0 Å². The number of nitrogens with one attached hydrogen (secondary N) is 3. The molecular formula is C37H64N6O3. The van der Waals surface area contributed by atoms with E-state index in [1.54, 1.807) is 0 Å². The van der Waals surface area contributed by atoms with E-state index in [9.17, 15) is 9.59 Å². The van der Waals surface area contributed by atoms with Crippen LogP contribution in [0.2, 0.25) is 0 Å². The first kappa shape index (κ1) is 39.2. The highest BCUT2D eigenvalue weighted by Gasteiger charge is 2.21. The third kappa shape index (κ3) is 16.1. The lowest BCUT2D eigenvalue weighted by molar-refractivity contribution is 0.0737. The molecule has 1 unspecified atom stereocenters. The summed E-state index contributed by atoms with van der Waals surface area (Å²) in [5.41, 5.74) is 6.29. The molecule has 3 amide bonds. The fourth-order valence-corrected chi connectivity index (χ4v) is 5.57. The summed E-state index contributed by atoms with van der Waals surface area (Å²) in [6, 6.07) is 7.19. The van der Waals surface area contributed by atoms with E-state index in [0.717, 1.165) is 50.5 Å². The fraction of sp³-hybridized carbons (Fsp3) is 0.730. The summed E-state index contributed by atoms with van der Waals surface area (Å²) in [6.45, 7) is 12.2. The normalized spacial score (nSPS) is 11.8. The number of nitrogens with zero attached hydrogens (tertiary/aromatic N) is 3. The van der Waals surface area contributed by atoms with Crippen molar-refractivity contribution in [1.82, 2.24) is 25.6 Å². The first-order valence-electron chi connectivity index (χ1n) is 18.5. The number of unbranched alkanes of at least 4 members (excludes halogenated alkanes) is 11. The maximum Gasteiger partial charge on any atom is 0.333 e. The minimum absolute atomic E-state index is 0.152. The van der Waals surface area contributed by atoms with Crippen LogP contribution in [0.15, 0.2) is 24.3 Å². The number of urea groups is 1. The van der Waals surface area contributed by atoms with Crippen molar-refractivity contribution in [1.29, 1.82) is 0 Å². The molecule has 0 saturated heterocycles. The zero-order valence-electron chi connectivity index (χ0n) is 29.5. The Morgan fingerprint density at radius 2 is 1.41 bits per heavy atom. The second kappa shape index (κ2) is 25.2. The average Bonchev–Trinajstić information content (AvgIpc) is 3.08. The van der Waals surface area contributed by atoms with Crippen molar-refractivity contribution in [3.8, 4) is 0 Å². The van der Waals surface area contributed by atoms with Gasteiger partial charge in [-0.05, 0) is 43.7 Å². The maximum absolute atomic E-state index is 13.8. The first-order chi connectivity index (χ1) is 22.5. The van der Waals surface area contributed by atoms with E-state index >= 15 is 0 Å². The molecule has 0 bridgehead atoms. The number of para-hydroxylation sites is 1. The van der Waals surface area contributed by atoms with Gasteiger partial charge in [0.25, 0.3) is 5.91 Å². The molecule has 0 aliphatic rings. The topological polar surface area (TPSA) is 108 Å². The number of carbonyl (C=O) groups excluding carboxylic acids is 2. The van der Waals surface area contributed by atoms with Crippen molar-refractivity contribution >= 4 is 28.7 Å². The van der Waals surface area contributed by atoms with E-state index in [1.165, 1.54) is 70.6 Å². The van der Waals surface area contributed by atoms with Crippen molar-refractivity contribution in [2.24, 2.45) is 5.92 Å². The minimum Gasteiger partial charge on any atom is -0.381 e. The molecule has 260 valence electrons. The van der Waals surface area contributed by atoms with E-state index in [2.05, 4.69) is 53.8 Å². The van der Waals surface area contributed by atoms with Crippen LogP contribution in [0.5, 0.6) is 0 Å². The summed E-state index contributed by atoms with van der Waals surface area (Å²) in [4.78, 5) is 37.6. The Bertz CT molecular complexity index is 1080. The number of hydrogen-bond acceptors (Lipinski definition) is 6. The Hall–Kier alpha value is -2.94.